The van der Waals surface area contributed by atoms with Crippen LogP contribution >= 0.6 is 0 Å². The summed E-state index contributed by atoms with van der Waals surface area (Å²) in [4.78, 5) is 15.4. The maximum absolute atomic E-state index is 12.9. The van der Waals surface area contributed by atoms with Crippen molar-refractivity contribution in [2.75, 3.05) is 31.0 Å². The van der Waals surface area contributed by atoms with Crippen LogP contribution in [0.5, 0.6) is 0 Å². The van der Waals surface area contributed by atoms with E-state index in [-0.39, 0.29) is 10.8 Å². The van der Waals surface area contributed by atoms with Crippen molar-refractivity contribution in [2.24, 2.45) is 0 Å². The van der Waals surface area contributed by atoms with Crippen molar-refractivity contribution in [3.63, 3.8) is 0 Å². The molecule has 1 aliphatic rings. The van der Waals surface area contributed by atoms with Crippen molar-refractivity contribution in [1.29, 1.82) is 0 Å². The Bertz CT molecular complexity index is 1270. The number of morpholine rings is 1. The molecule has 0 aromatic heterocycles. The highest BCUT2D eigenvalue weighted by Crippen LogP contribution is 2.23. The van der Waals surface area contributed by atoms with Crippen LogP contribution in [0.4, 0.5) is 5.69 Å². The standard InChI is InChI=1S/C27H31N3O4S/c1-20-6-12-24(13-7-20)35(32,33)29-26-5-3-4-25(21(26)2)27(31)28-18-22-8-10-23(11-9-22)19-30-14-16-34-17-15-30/h3-13,29H,14-19H2,1-2H3,(H,28,31). The predicted octanol–water partition coefficient (Wildman–Crippen LogP) is 3.87. The van der Waals surface area contributed by atoms with Gasteiger partial charge in [-0.1, -0.05) is 48.0 Å². The zero-order valence-electron chi connectivity index (χ0n) is 20.1. The lowest BCUT2D eigenvalue weighted by Gasteiger charge is -2.26. The highest BCUT2D eigenvalue weighted by molar-refractivity contribution is 7.92. The van der Waals surface area contributed by atoms with E-state index in [1.54, 1.807) is 49.4 Å². The molecule has 0 saturated carbocycles. The molecule has 0 spiro atoms. The molecule has 1 amide bonds. The lowest BCUT2D eigenvalue weighted by Crippen LogP contribution is -2.35. The summed E-state index contributed by atoms with van der Waals surface area (Å²) in [6, 6.07) is 19.9. The van der Waals surface area contributed by atoms with Crippen LogP contribution in [0.2, 0.25) is 0 Å². The molecule has 8 heteroatoms. The first-order valence-corrected chi connectivity index (χ1v) is 13.2. The number of anilines is 1. The number of nitrogens with one attached hydrogen (secondary N) is 2. The fourth-order valence-electron chi connectivity index (χ4n) is 3.97. The summed E-state index contributed by atoms with van der Waals surface area (Å²) >= 11 is 0. The van der Waals surface area contributed by atoms with Gasteiger partial charge in [-0.2, -0.15) is 0 Å². The normalized spacial score (nSPS) is 14.5. The van der Waals surface area contributed by atoms with Gasteiger partial charge >= 0.3 is 0 Å². The first kappa shape index (κ1) is 24.9. The molecule has 4 rings (SSSR count). The van der Waals surface area contributed by atoms with Crippen LogP contribution in [-0.4, -0.2) is 45.5 Å². The number of carbonyl (C=O) groups excluding carboxylic acids is 1. The van der Waals surface area contributed by atoms with Crippen LogP contribution in [0.3, 0.4) is 0 Å². The average molecular weight is 494 g/mol. The quantitative estimate of drug-likeness (QED) is 0.498. The highest BCUT2D eigenvalue weighted by Gasteiger charge is 2.18. The van der Waals surface area contributed by atoms with Gasteiger partial charge in [-0.05, 0) is 54.8 Å². The summed E-state index contributed by atoms with van der Waals surface area (Å²) in [6.07, 6.45) is 0. The number of benzene rings is 3. The van der Waals surface area contributed by atoms with Crippen molar-refractivity contribution < 1.29 is 17.9 Å². The number of sulfonamides is 1. The summed E-state index contributed by atoms with van der Waals surface area (Å²) in [5, 5.41) is 2.94. The molecule has 1 saturated heterocycles. The number of nitrogens with zero attached hydrogens (tertiary/aromatic N) is 1. The van der Waals surface area contributed by atoms with Gasteiger partial charge in [0.05, 0.1) is 23.8 Å². The molecule has 3 aromatic carbocycles. The van der Waals surface area contributed by atoms with E-state index < -0.39 is 10.0 Å². The van der Waals surface area contributed by atoms with E-state index in [1.807, 2.05) is 19.1 Å². The van der Waals surface area contributed by atoms with Crippen molar-refractivity contribution in [1.82, 2.24) is 10.2 Å². The summed E-state index contributed by atoms with van der Waals surface area (Å²) in [5.41, 5.74) is 4.58. The Balaban J connectivity index is 1.38. The Morgan fingerprint density at radius 1 is 0.914 bits per heavy atom. The third-order valence-corrected chi connectivity index (χ3v) is 7.52. The van der Waals surface area contributed by atoms with Crippen molar-refractivity contribution in [3.05, 3.63) is 94.5 Å². The maximum atomic E-state index is 12.9. The second-order valence-corrected chi connectivity index (χ2v) is 10.5. The molecular formula is C27H31N3O4S. The molecule has 1 heterocycles. The van der Waals surface area contributed by atoms with Crippen LogP contribution in [-0.2, 0) is 27.8 Å². The monoisotopic (exact) mass is 493 g/mol. The van der Waals surface area contributed by atoms with Gasteiger partial charge in [-0.25, -0.2) is 8.42 Å². The second-order valence-electron chi connectivity index (χ2n) is 8.78. The van der Waals surface area contributed by atoms with Gasteiger partial charge < -0.3 is 10.1 Å². The molecule has 184 valence electrons. The zero-order chi connectivity index (χ0) is 24.8. The van der Waals surface area contributed by atoms with E-state index in [9.17, 15) is 13.2 Å². The Labute approximate surface area is 207 Å². The fourth-order valence-corrected chi connectivity index (χ4v) is 5.09. The Hall–Kier alpha value is -3.20. The molecule has 0 atom stereocenters. The maximum Gasteiger partial charge on any atom is 0.261 e. The molecule has 1 aliphatic heterocycles. The number of rotatable bonds is 8. The number of aryl methyl sites for hydroxylation is 1. The fraction of sp³-hybridized carbons (Fsp3) is 0.296. The first-order chi connectivity index (χ1) is 16.8. The molecular weight excluding hydrogens is 462 g/mol. The Kier molecular flexibility index (Phi) is 7.85. The number of hydrogen-bond donors (Lipinski definition) is 2. The zero-order valence-corrected chi connectivity index (χ0v) is 20.9. The molecule has 0 aliphatic carbocycles. The molecule has 2 N–H and O–H groups in total. The molecule has 1 fully saturated rings. The summed E-state index contributed by atoms with van der Waals surface area (Å²) in [5.74, 6) is -0.253. The van der Waals surface area contributed by atoms with Crippen LogP contribution in [0.15, 0.2) is 71.6 Å². The second kappa shape index (κ2) is 11.0. The van der Waals surface area contributed by atoms with Crippen molar-refractivity contribution in [3.8, 4) is 0 Å². The van der Waals surface area contributed by atoms with E-state index in [1.165, 1.54) is 5.56 Å². The first-order valence-electron chi connectivity index (χ1n) is 11.7. The van der Waals surface area contributed by atoms with Gasteiger partial charge in [-0.15, -0.1) is 0 Å². The van der Waals surface area contributed by atoms with Crippen molar-refractivity contribution in [2.45, 2.75) is 31.8 Å². The van der Waals surface area contributed by atoms with Gasteiger partial charge in [-0.3, -0.25) is 14.4 Å². The van der Waals surface area contributed by atoms with Gasteiger partial charge in [0, 0.05) is 31.7 Å². The Morgan fingerprint density at radius 3 is 2.26 bits per heavy atom. The number of hydrogen-bond acceptors (Lipinski definition) is 5. The Morgan fingerprint density at radius 2 is 1.57 bits per heavy atom. The number of amides is 1. The van der Waals surface area contributed by atoms with Crippen LogP contribution in [0.25, 0.3) is 0 Å². The lowest BCUT2D eigenvalue weighted by atomic mass is 10.1. The largest absolute Gasteiger partial charge is 0.379 e. The molecule has 0 radical (unpaired) electrons. The van der Waals surface area contributed by atoms with Crippen LogP contribution in [0, 0.1) is 13.8 Å². The van der Waals surface area contributed by atoms with Crippen LogP contribution < -0.4 is 10.0 Å². The van der Waals surface area contributed by atoms with Gasteiger partial charge in [0.15, 0.2) is 0 Å². The predicted molar refractivity (Wildman–Crippen MR) is 137 cm³/mol. The third-order valence-electron chi connectivity index (χ3n) is 6.14. The van der Waals surface area contributed by atoms with Crippen LogP contribution in [0.1, 0.15) is 32.6 Å². The smallest absolute Gasteiger partial charge is 0.261 e. The van der Waals surface area contributed by atoms with Gasteiger partial charge in [0.1, 0.15) is 0 Å². The molecule has 0 bridgehead atoms. The van der Waals surface area contributed by atoms with E-state index in [0.29, 0.717) is 23.4 Å². The van der Waals surface area contributed by atoms with E-state index in [2.05, 4.69) is 27.1 Å². The minimum Gasteiger partial charge on any atom is -0.379 e. The SMILES string of the molecule is Cc1ccc(S(=O)(=O)Nc2cccc(C(=O)NCc3ccc(CN4CCOCC4)cc3)c2C)cc1. The minimum atomic E-state index is -3.76. The highest BCUT2D eigenvalue weighted by atomic mass is 32.2. The molecule has 35 heavy (non-hydrogen) atoms. The van der Waals surface area contributed by atoms with Crippen molar-refractivity contribution >= 4 is 21.6 Å². The van der Waals surface area contributed by atoms with E-state index >= 15 is 0 Å². The van der Waals surface area contributed by atoms with E-state index in [0.717, 1.165) is 44.0 Å². The third kappa shape index (κ3) is 6.48. The lowest BCUT2D eigenvalue weighted by molar-refractivity contribution is 0.0342. The molecule has 3 aromatic rings. The van der Waals surface area contributed by atoms with Gasteiger partial charge in [0.2, 0.25) is 0 Å². The average Bonchev–Trinajstić information content (AvgIpc) is 2.85. The minimum absolute atomic E-state index is 0.175. The summed E-state index contributed by atoms with van der Waals surface area (Å²) < 4.78 is 33.6. The molecule has 0 unspecified atom stereocenters. The topological polar surface area (TPSA) is 87.7 Å². The van der Waals surface area contributed by atoms with Gasteiger partial charge in [0.25, 0.3) is 15.9 Å². The number of carbonyl (C=O) groups is 1. The molecule has 7 nitrogen and oxygen atoms in total. The van der Waals surface area contributed by atoms with E-state index in [4.69, 9.17) is 4.74 Å². The summed E-state index contributed by atoms with van der Waals surface area (Å²) in [6.45, 7) is 8.35. The number of ether oxygens (including phenoxy) is 1. The summed E-state index contributed by atoms with van der Waals surface area (Å²) in [7, 11) is -3.76.